The molecular weight excluding hydrogens is 320 g/mol. The number of aromatic nitrogens is 4. The highest BCUT2D eigenvalue weighted by Crippen LogP contribution is 2.21. The van der Waals surface area contributed by atoms with Crippen LogP contribution in [-0.2, 0) is 17.8 Å². The highest BCUT2D eigenvalue weighted by atomic mass is 16.5. The molecule has 0 aliphatic carbocycles. The number of methoxy groups -OCH3 is 1. The maximum absolute atomic E-state index is 12.4. The largest absolute Gasteiger partial charge is 0.383 e. The monoisotopic (exact) mass is 338 g/mol. The lowest BCUT2D eigenvalue weighted by Crippen LogP contribution is -2.17. The molecule has 0 aliphatic heterocycles. The van der Waals surface area contributed by atoms with E-state index in [0.29, 0.717) is 42.4 Å². The van der Waals surface area contributed by atoms with E-state index in [2.05, 4.69) is 21.5 Å². The summed E-state index contributed by atoms with van der Waals surface area (Å²) in [5.74, 6) is 0.103. The molecule has 0 aliphatic rings. The van der Waals surface area contributed by atoms with Crippen LogP contribution in [0.5, 0.6) is 0 Å². The number of imidazole rings is 1. The number of anilines is 1. The maximum Gasteiger partial charge on any atom is 0.278 e. The third-order valence-corrected chi connectivity index (χ3v) is 3.82. The van der Waals surface area contributed by atoms with E-state index in [0.717, 1.165) is 5.52 Å². The number of rotatable bonds is 6. The van der Waals surface area contributed by atoms with E-state index >= 15 is 0 Å². The lowest BCUT2D eigenvalue weighted by molar-refractivity contribution is 0.101. The second-order valence-electron chi connectivity index (χ2n) is 5.41. The van der Waals surface area contributed by atoms with E-state index in [1.807, 2.05) is 17.6 Å². The normalized spacial score (nSPS) is 10.8. The number of fused-ring (bicyclic) bond motifs is 1. The number of aryl methyl sites for hydroxylation is 1. The van der Waals surface area contributed by atoms with Gasteiger partial charge in [0.25, 0.3) is 5.91 Å². The molecule has 0 spiro atoms. The number of amides is 1. The molecule has 25 heavy (non-hydrogen) atoms. The van der Waals surface area contributed by atoms with E-state index in [9.17, 15) is 4.79 Å². The van der Waals surface area contributed by atoms with Crippen LogP contribution in [0.2, 0.25) is 0 Å². The molecule has 1 N–H and O–H groups in total. The number of carbonyl (C=O) groups is 1. The van der Waals surface area contributed by atoms with Crippen molar-refractivity contribution in [1.29, 1.82) is 5.26 Å². The molecule has 1 amide bonds. The van der Waals surface area contributed by atoms with Crippen molar-refractivity contribution in [2.45, 2.75) is 20.0 Å². The minimum absolute atomic E-state index is 0.309. The van der Waals surface area contributed by atoms with Crippen LogP contribution in [-0.4, -0.2) is 39.0 Å². The average Bonchev–Trinajstić information content (AvgIpc) is 3.23. The van der Waals surface area contributed by atoms with Crippen molar-refractivity contribution in [2.24, 2.45) is 0 Å². The van der Waals surface area contributed by atoms with Crippen LogP contribution in [0, 0.1) is 11.3 Å². The summed E-state index contributed by atoms with van der Waals surface area (Å²) >= 11 is 0. The number of nitrogens with zero attached hydrogens (tertiary/aromatic N) is 5. The van der Waals surface area contributed by atoms with Crippen LogP contribution in [0.4, 0.5) is 5.95 Å². The molecule has 0 unspecified atom stereocenters. The number of benzene rings is 1. The smallest absolute Gasteiger partial charge is 0.278 e. The molecule has 2 heterocycles. The standard InChI is InChI=1S/C17H18N6O2/c1-3-23-15-5-4-12(11-18)10-14(15)19-17(23)20-16(24)13-6-7-22(21-13)8-9-25-2/h4-7,10H,3,8-9H2,1-2H3,(H,19,20,24). The second-order valence-corrected chi connectivity index (χ2v) is 5.41. The summed E-state index contributed by atoms with van der Waals surface area (Å²) in [5, 5.41) is 16.0. The summed E-state index contributed by atoms with van der Waals surface area (Å²) in [6, 6.07) is 9.02. The fourth-order valence-electron chi connectivity index (χ4n) is 2.57. The first kappa shape index (κ1) is 16.7. The Kier molecular flexibility index (Phi) is 4.77. The number of hydrogen-bond acceptors (Lipinski definition) is 5. The first-order valence-electron chi connectivity index (χ1n) is 7.90. The quantitative estimate of drug-likeness (QED) is 0.741. The molecule has 3 aromatic rings. The van der Waals surface area contributed by atoms with E-state index in [1.165, 1.54) is 0 Å². The van der Waals surface area contributed by atoms with Crippen molar-refractivity contribution in [2.75, 3.05) is 19.0 Å². The molecule has 2 aromatic heterocycles. The molecule has 0 radical (unpaired) electrons. The van der Waals surface area contributed by atoms with Crippen LogP contribution in [0.25, 0.3) is 11.0 Å². The number of ether oxygens (including phenoxy) is 1. The third kappa shape index (κ3) is 3.36. The Balaban J connectivity index is 1.85. The molecule has 0 fully saturated rings. The zero-order valence-corrected chi connectivity index (χ0v) is 14.1. The van der Waals surface area contributed by atoms with Crippen molar-refractivity contribution in [3.05, 3.63) is 41.7 Å². The van der Waals surface area contributed by atoms with Gasteiger partial charge in [0.1, 0.15) is 0 Å². The molecular formula is C17H18N6O2. The summed E-state index contributed by atoms with van der Waals surface area (Å²) in [5.41, 5.74) is 2.37. The summed E-state index contributed by atoms with van der Waals surface area (Å²) in [7, 11) is 1.62. The fraction of sp³-hybridized carbons (Fsp3) is 0.294. The van der Waals surface area contributed by atoms with Crippen molar-refractivity contribution in [1.82, 2.24) is 19.3 Å². The third-order valence-electron chi connectivity index (χ3n) is 3.82. The minimum atomic E-state index is -0.332. The van der Waals surface area contributed by atoms with Crippen LogP contribution in [0.3, 0.4) is 0 Å². The van der Waals surface area contributed by atoms with Crippen molar-refractivity contribution >= 4 is 22.9 Å². The van der Waals surface area contributed by atoms with Crippen LogP contribution in [0.15, 0.2) is 30.5 Å². The van der Waals surface area contributed by atoms with Crippen molar-refractivity contribution in [3.8, 4) is 6.07 Å². The minimum Gasteiger partial charge on any atom is -0.383 e. The van der Waals surface area contributed by atoms with Gasteiger partial charge in [0.05, 0.1) is 35.8 Å². The predicted molar refractivity (Wildman–Crippen MR) is 92.2 cm³/mol. The molecule has 8 heteroatoms. The molecule has 0 bridgehead atoms. The van der Waals surface area contributed by atoms with Gasteiger partial charge in [-0.3, -0.25) is 14.8 Å². The second kappa shape index (κ2) is 7.15. The number of carbonyl (C=O) groups excluding carboxylic acids is 1. The molecule has 128 valence electrons. The van der Waals surface area contributed by atoms with Gasteiger partial charge in [0.15, 0.2) is 5.69 Å². The van der Waals surface area contributed by atoms with E-state index in [1.54, 1.807) is 36.2 Å². The lowest BCUT2D eigenvalue weighted by Gasteiger charge is -2.06. The van der Waals surface area contributed by atoms with Gasteiger partial charge in [-0.2, -0.15) is 10.4 Å². The summed E-state index contributed by atoms with van der Waals surface area (Å²) in [6.45, 7) is 3.71. The molecule has 8 nitrogen and oxygen atoms in total. The first-order valence-corrected chi connectivity index (χ1v) is 7.90. The zero-order chi connectivity index (χ0) is 17.8. The Morgan fingerprint density at radius 1 is 1.40 bits per heavy atom. The van der Waals surface area contributed by atoms with E-state index < -0.39 is 0 Å². The van der Waals surface area contributed by atoms with Gasteiger partial charge in [-0.05, 0) is 31.2 Å². The summed E-state index contributed by atoms with van der Waals surface area (Å²) < 4.78 is 8.53. The van der Waals surface area contributed by atoms with Gasteiger partial charge in [-0.15, -0.1) is 0 Å². The van der Waals surface area contributed by atoms with E-state index in [4.69, 9.17) is 10.00 Å². The van der Waals surface area contributed by atoms with Gasteiger partial charge in [-0.1, -0.05) is 0 Å². The highest BCUT2D eigenvalue weighted by Gasteiger charge is 2.15. The van der Waals surface area contributed by atoms with Crippen LogP contribution in [0.1, 0.15) is 23.0 Å². The molecule has 3 rings (SSSR count). The molecule has 0 saturated heterocycles. The predicted octanol–water partition coefficient (Wildman–Crippen LogP) is 2.02. The first-order chi connectivity index (χ1) is 12.2. The molecule has 0 atom stereocenters. The lowest BCUT2D eigenvalue weighted by atomic mass is 10.2. The number of nitrogens with one attached hydrogen (secondary N) is 1. The van der Waals surface area contributed by atoms with Gasteiger partial charge >= 0.3 is 0 Å². The Labute approximate surface area is 144 Å². The van der Waals surface area contributed by atoms with Gasteiger partial charge in [-0.25, -0.2) is 4.98 Å². The number of nitriles is 1. The highest BCUT2D eigenvalue weighted by molar-refractivity contribution is 6.02. The average molecular weight is 338 g/mol. The summed E-state index contributed by atoms with van der Waals surface area (Å²) in [6.07, 6.45) is 1.73. The van der Waals surface area contributed by atoms with Gasteiger partial charge in [0.2, 0.25) is 5.95 Å². The fourth-order valence-corrected chi connectivity index (χ4v) is 2.57. The molecule has 0 saturated carbocycles. The topological polar surface area (TPSA) is 97.8 Å². The van der Waals surface area contributed by atoms with Gasteiger partial charge < -0.3 is 9.30 Å². The Morgan fingerprint density at radius 3 is 2.96 bits per heavy atom. The van der Waals surface area contributed by atoms with Crippen molar-refractivity contribution in [3.63, 3.8) is 0 Å². The summed E-state index contributed by atoms with van der Waals surface area (Å²) in [4.78, 5) is 16.9. The van der Waals surface area contributed by atoms with E-state index in [-0.39, 0.29) is 5.91 Å². The Hall–Kier alpha value is -3.18. The van der Waals surface area contributed by atoms with Crippen LogP contribution < -0.4 is 5.32 Å². The van der Waals surface area contributed by atoms with Crippen molar-refractivity contribution < 1.29 is 9.53 Å². The van der Waals surface area contributed by atoms with Crippen LogP contribution >= 0.6 is 0 Å². The zero-order valence-electron chi connectivity index (χ0n) is 14.1. The Morgan fingerprint density at radius 2 is 2.24 bits per heavy atom. The number of hydrogen-bond donors (Lipinski definition) is 1. The SMILES string of the molecule is CCn1c(NC(=O)c2ccn(CCOC)n2)nc2cc(C#N)ccc21. The maximum atomic E-state index is 12.4. The van der Waals surface area contributed by atoms with Gasteiger partial charge in [0, 0.05) is 19.9 Å². The molecule has 1 aromatic carbocycles. The Bertz CT molecular complexity index is 950.